The molecule has 1 aromatic carbocycles. The number of hydrogen-bond donors (Lipinski definition) is 2. The minimum Gasteiger partial charge on any atom is -0.357 e. The molecule has 2 aromatic rings. The Balaban J connectivity index is 1.20. The molecule has 0 unspecified atom stereocenters. The van der Waals surface area contributed by atoms with Gasteiger partial charge < -0.3 is 20.4 Å². The van der Waals surface area contributed by atoms with E-state index in [4.69, 9.17) is 4.99 Å². The molecule has 0 spiro atoms. The highest BCUT2D eigenvalue weighted by Crippen LogP contribution is 2.23. The summed E-state index contributed by atoms with van der Waals surface area (Å²) in [6.45, 7) is 9.06. The molecule has 1 fully saturated rings. The molecule has 0 aliphatic carbocycles. The number of guanidine groups is 1. The fraction of sp³-hybridized carbons (Fsp3) is 0.500. The van der Waals surface area contributed by atoms with E-state index in [9.17, 15) is 4.79 Å². The molecule has 0 saturated carbocycles. The maximum Gasteiger partial charge on any atom is 0.223 e. The first-order valence-electron chi connectivity index (χ1n) is 12.2. The van der Waals surface area contributed by atoms with E-state index in [2.05, 4.69) is 58.6 Å². The molecule has 7 heteroatoms. The third-order valence-corrected chi connectivity index (χ3v) is 6.41. The number of aromatic nitrogens is 1. The summed E-state index contributed by atoms with van der Waals surface area (Å²) in [5.41, 5.74) is 3.73. The molecule has 2 aliphatic heterocycles. The average molecular weight is 449 g/mol. The molecule has 2 aliphatic rings. The molecule has 0 bridgehead atoms. The van der Waals surface area contributed by atoms with E-state index in [-0.39, 0.29) is 5.91 Å². The number of carbonyl (C=O) groups excluding carboxylic acids is 1. The summed E-state index contributed by atoms with van der Waals surface area (Å²) in [4.78, 5) is 26.2. The van der Waals surface area contributed by atoms with E-state index in [1.807, 2.05) is 23.2 Å². The molecular weight excluding hydrogens is 412 g/mol. The van der Waals surface area contributed by atoms with Crippen LogP contribution in [0.1, 0.15) is 49.3 Å². The smallest absolute Gasteiger partial charge is 0.223 e. The lowest BCUT2D eigenvalue weighted by atomic mass is 10.1. The predicted molar refractivity (Wildman–Crippen MR) is 133 cm³/mol. The van der Waals surface area contributed by atoms with Crippen LogP contribution in [0.25, 0.3) is 0 Å². The second-order valence-electron chi connectivity index (χ2n) is 8.98. The van der Waals surface area contributed by atoms with Crippen LogP contribution in [-0.4, -0.2) is 54.0 Å². The predicted octanol–water partition coefficient (Wildman–Crippen LogP) is 3.24. The quantitative estimate of drug-likeness (QED) is 0.387. The number of aryl methyl sites for hydroxylation is 1. The number of anilines is 1. The Bertz CT molecular complexity index is 925. The second kappa shape index (κ2) is 11.2. The number of aliphatic imine (C=N–C) groups is 1. The van der Waals surface area contributed by atoms with Crippen molar-refractivity contribution in [3.8, 4) is 0 Å². The van der Waals surface area contributed by atoms with Gasteiger partial charge in [0.25, 0.3) is 0 Å². The van der Waals surface area contributed by atoms with E-state index in [0.29, 0.717) is 19.0 Å². The van der Waals surface area contributed by atoms with Crippen molar-refractivity contribution in [2.24, 2.45) is 4.99 Å². The van der Waals surface area contributed by atoms with E-state index in [1.165, 1.54) is 16.7 Å². The van der Waals surface area contributed by atoms with Gasteiger partial charge in [0.1, 0.15) is 5.82 Å². The maximum atomic E-state index is 12.6. The standard InChI is InChI=1S/C26H36N6O/c1-3-27-26(30-23-12-15-31(16-13-23)24-11-10-20(2)17-29-24)28-14-6-9-25(33)32-18-21-7-4-5-8-22(21)19-32/h4-5,7-8,10-11,17,23H,3,6,9,12-16,18-19H2,1-2H3,(H2,27,28,30). The van der Waals surface area contributed by atoms with Crippen molar-refractivity contribution in [1.82, 2.24) is 20.5 Å². The number of benzene rings is 1. The fourth-order valence-electron chi connectivity index (χ4n) is 4.50. The third kappa shape index (κ3) is 6.24. The van der Waals surface area contributed by atoms with Gasteiger partial charge in [0.15, 0.2) is 5.96 Å². The van der Waals surface area contributed by atoms with Crippen LogP contribution < -0.4 is 15.5 Å². The van der Waals surface area contributed by atoms with Gasteiger partial charge in [-0.2, -0.15) is 0 Å². The van der Waals surface area contributed by atoms with Gasteiger partial charge in [0.2, 0.25) is 5.91 Å². The molecule has 33 heavy (non-hydrogen) atoms. The molecule has 2 N–H and O–H groups in total. The van der Waals surface area contributed by atoms with Crippen molar-refractivity contribution >= 4 is 17.7 Å². The van der Waals surface area contributed by atoms with E-state index in [0.717, 1.165) is 63.8 Å². The van der Waals surface area contributed by atoms with Gasteiger partial charge in [-0.15, -0.1) is 0 Å². The van der Waals surface area contributed by atoms with Crippen LogP contribution in [0.4, 0.5) is 5.82 Å². The van der Waals surface area contributed by atoms with Crippen LogP contribution in [-0.2, 0) is 17.9 Å². The van der Waals surface area contributed by atoms with Crippen molar-refractivity contribution < 1.29 is 4.79 Å². The second-order valence-corrected chi connectivity index (χ2v) is 8.98. The number of nitrogens with one attached hydrogen (secondary N) is 2. The Hall–Kier alpha value is -3.09. The molecule has 4 rings (SSSR count). The van der Waals surface area contributed by atoms with E-state index >= 15 is 0 Å². The van der Waals surface area contributed by atoms with Gasteiger partial charge in [0.05, 0.1) is 0 Å². The molecule has 1 aromatic heterocycles. The number of nitrogens with zero attached hydrogens (tertiary/aromatic N) is 4. The number of fused-ring (bicyclic) bond motifs is 1. The summed E-state index contributed by atoms with van der Waals surface area (Å²) in [6.07, 6.45) is 5.34. The molecule has 176 valence electrons. The van der Waals surface area contributed by atoms with Crippen molar-refractivity contribution in [3.63, 3.8) is 0 Å². The summed E-state index contributed by atoms with van der Waals surface area (Å²) in [5.74, 6) is 2.13. The monoisotopic (exact) mass is 448 g/mol. The average Bonchev–Trinajstić information content (AvgIpc) is 3.27. The zero-order valence-electron chi connectivity index (χ0n) is 19.9. The van der Waals surface area contributed by atoms with Crippen LogP contribution in [0.15, 0.2) is 47.6 Å². The summed E-state index contributed by atoms with van der Waals surface area (Å²) in [5, 5.41) is 6.94. The van der Waals surface area contributed by atoms with Crippen LogP contribution in [0.5, 0.6) is 0 Å². The molecule has 7 nitrogen and oxygen atoms in total. The Kier molecular flexibility index (Phi) is 7.81. The minimum absolute atomic E-state index is 0.219. The van der Waals surface area contributed by atoms with Gasteiger partial charge >= 0.3 is 0 Å². The van der Waals surface area contributed by atoms with E-state index in [1.54, 1.807) is 0 Å². The molecule has 0 radical (unpaired) electrons. The molecular formula is C26H36N6O. The number of hydrogen-bond acceptors (Lipinski definition) is 4. The first kappa shape index (κ1) is 23.1. The normalized spacial score (nSPS) is 16.6. The highest BCUT2D eigenvalue weighted by molar-refractivity contribution is 5.80. The SMILES string of the molecule is CCNC(=NCCCC(=O)N1Cc2ccccc2C1)NC1CCN(c2ccc(C)cn2)CC1. The number of rotatable bonds is 7. The van der Waals surface area contributed by atoms with Crippen molar-refractivity contribution in [1.29, 1.82) is 0 Å². The van der Waals surface area contributed by atoms with Crippen LogP contribution >= 0.6 is 0 Å². The van der Waals surface area contributed by atoms with Gasteiger partial charge in [-0.3, -0.25) is 9.79 Å². The van der Waals surface area contributed by atoms with Crippen molar-refractivity contribution in [3.05, 3.63) is 59.3 Å². The number of carbonyl (C=O) groups is 1. The van der Waals surface area contributed by atoms with Crippen molar-refractivity contribution in [2.75, 3.05) is 31.1 Å². The highest BCUT2D eigenvalue weighted by Gasteiger charge is 2.23. The van der Waals surface area contributed by atoms with Gasteiger partial charge in [-0.1, -0.05) is 30.3 Å². The number of piperidine rings is 1. The lowest BCUT2D eigenvalue weighted by Gasteiger charge is -2.33. The molecule has 0 atom stereocenters. The van der Waals surface area contributed by atoms with Gasteiger partial charge in [-0.05, 0) is 55.9 Å². The van der Waals surface area contributed by atoms with Gasteiger partial charge in [-0.25, -0.2) is 4.98 Å². The summed E-state index contributed by atoms with van der Waals surface area (Å²) in [7, 11) is 0. The third-order valence-electron chi connectivity index (χ3n) is 6.41. The lowest BCUT2D eigenvalue weighted by Crippen LogP contribution is -2.49. The summed E-state index contributed by atoms with van der Waals surface area (Å²) < 4.78 is 0. The van der Waals surface area contributed by atoms with Crippen LogP contribution in [0, 0.1) is 6.92 Å². The number of amides is 1. The highest BCUT2D eigenvalue weighted by atomic mass is 16.2. The lowest BCUT2D eigenvalue weighted by molar-refractivity contribution is -0.131. The maximum absolute atomic E-state index is 12.6. The van der Waals surface area contributed by atoms with Crippen molar-refractivity contribution in [2.45, 2.75) is 58.7 Å². The zero-order chi connectivity index (χ0) is 23.0. The van der Waals surface area contributed by atoms with Crippen LogP contribution in [0.2, 0.25) is 0 Å². The van der Waals surface area contributed by atoms with Crippen LogP contribution in [0.3, 0.4) is 0 Å². The Morgan fingerprint density at radius 2 is 1.85 bits per heavy atom. The van der Waals surface area contributed by atoms with E-state index < -0.39 is 0 Å². The minimum atomic E-state index is 0.219. The molecule has 1 amide bonds. The Labute approximate surface area is 197 Å². The number of pyridine rings is 1. The summed E-state index contributed by atoms with van der Waals surface area (Å²) in [6, 6.07) is 12.9. The first-order valence-corrected chi connectivity index (χ1v) is 12.2. The van der Waals surface area contributed by atoms with Gasteiger partial charge in [0, 0.05) is 57.9 Å². The topological polar surface area (TPSA) is 72.9 Å². The largest absolute Gasteiger partial charge is 0.357 e. The first-order chi connectivity index (χ1) is 16.1. The Morgan fingerprint density at radius 1 is 1.12 bits per heavy atom. The molecule has 1 saturated heterocycles. The molecule has 3 heterocycles. The Morgan fingerprint density at radius 3 is 2.48 bits per heavy atom. The fourth-order valence-corrected chi connectivity index (χ4v) is 4.50. The zero-order valence-corrected chi connectivity index (χ0v) is 19.9. The summed E-state index contributed by atoms with van der Waals surface area (Å²) >= 11 is 0.